The number of aromatic amines is 3. The van der Waals surface area contributed by atoms with E-state index >= 15 is 0 Å². The number of aromatic nitrogens is 8. The average Bonchev–Trinajstić information content (AvgIpc) is 3.66. The van der Waals surface area contributed by atoms with E-state index < -0.39 is 11.7 Å². The average molecular weight is 768 g/mol. The number of halogens is 3. The second-order valence-corrected chi connectivity index (χ2v) is 13.1. The lowest BCUT2D eigenvalue weighted by Gasteiger charge is -2.24. The summed E-state index contributed by atoms with van der Waals surface area (Å²) in [5.41, 5.74) is 8.96. The molecule has 18 heteroatoms. The Labute approximate surface area is 298 Å². The quantitative estimate of drug-likeness (QED) is 0.0804. The van der Waals surface area contributed by atoms with Gasteiger partial charge in [-0.05, 0) is 84.9 Å². The molecule has 0 saturated carbocycles. The number of benzene rings is 2. The first kappa shape index (κ1) is 36.8. The highest BCUT2D eigenvalue weighted by Gasteiger charge is 2.21. The number of alkyl carbamates (subject to hydrolysis) is 1. The molecule has 0 fully saturated rings. The summed E-state index contributed by atoms with van der Waals surface area (Å²) < 4.78 is 32.1. The van der Waals surface area contributed by atoms with Crippen LogP contribution in [0.1, 0.15) is 56.8 Å². The lowest BCUT2D eigenvalue weighted by Crippen LogP contribution is -2.35. The SMILES string of the molecule is CC(C)(C)OC(=O)NC(CCNc1ncnc2nc(Br)[nH]c12)c1ccc(F)cc1.NC(CCNc1ncnc2[nH]c(=O)[nH]c12)c1ccc(F)cc1. The van der Waals surface area contributed by atoms with Gasteiger partial charge in [0.1, 0.15) is 40.9 Å². The number of ether oxygens (including phenoxy) is 1. The van der Waals surface area contributed by atoms with Crippen LogP contribution < -0.4 is 27.4 Å². The normalized spacial score (nSPS) is 12.5. The number of hydrogen-bond donors (Lipinski definition) is 7. The van der Waals surface area contributed by atoms with Crippen LogP contribution in [-0.4, -0.2) is 64.7 Å². The molecule has 6 aromatic rings. The van der Waals surface area contributed by atoms with Gasteiger partial charge in [0, 0.05) is 19.1 Å². The minimum absolute atomic E-state index is 0.212. The number of anilines is 2. The second kappa shape index (κ2) is 16.5. The summed E-state index contributed by atoms with van der Waals surface area (Å²) in [6.45, 7) is 6.43. The minimum Gasteiger partial charge on any atom is -0.444 e. The van der Waals surface area contributed by atoms with E-state index in [1.165, 1.54) is 36.9 Å². The van der Waals surface area contributed by atoms with Gasteiger partial charge < -0.3 is 36.4 Å². The first-order valence-electron chi connectivity index (χ1n) is 15.9. The molecule has 0 radical (unpaired) electrons. The van der Waals surface area contributed by atoms with E-state index in [2.05, 4.69) is 71.8 Å². The molecule has 2 atom stereocenters. The number of carbonyl (C=O) groups excluding carboxylic acids is 1. The summed E-state index contributed by atoms with van der Waals surface area (Å²) in [5, 5.41) is 9.20. The number of amides is 1. The van der Waals surface area contributed by atoms with Crippen LogP contribution in [0.5, 0.6) is 0 Å². The van der Waals surface area contributed by atoms with Crippen molar-refractivity contribution in [1.29, 1.82) is 0 Å². The zero-order valence-corrected chi connectivity index (χ0v) is 29.5. The number of carbonyl (C=O) groups is 1. The molecular formula is C33H37BrF2N12O3. The zero-order valence-electron chi connectivity index (χ0n) is 27.9. The molecule has 1 amide bonds. The van der Waals surface area contributed by atoms with Crippen LogP contribution in [0, 0.1) is 11.6 Å². The summed E-state index contributed by atoms with van der Waals surface area (Å²) in [7, 11) is 0. The molecular weight excluding hydrogens is 730 g/mol. The molecule has 0 bridgehead atoms. The van der Waals surface area contributed by atoms with Gasteiger partial charge in [-0.15, -0.1) is 0 Å². The van der Waals surface area contributed by atoms with Gasteiger partial charge in [-0.25, -0.2) is 43.3 Å². The fourth-order valence-corrected chi connectivity index (χ4v) is 5.31. The van der Waals surface area contributed by atoms with Gasteiger partial charge in [-0.1, -0.05) is 24.3 Å². The van der Waals surface area contributed by atoms with E-state index in [0.29, 0.717) is 64.6 Å². The number of imidazole rings is 2. The first-order chi connectivity index (χ1) is 24.3. The number of nitrogens with zero attached hydrogens (tertiary/aromatic N) is 5. The Morgan fingerprint density at radius 3 is 2.08 bits per heavy atom. The van der Waals surface area contributed by atoms with E-state index in [9.17, 15) is 18.4 Å². The Hall–Kier alpha value is -5.49. The van der Waals surface area contributed by atoms with E-state index in [1.54, 1.807) is 45.0 Å². The fourth-order valence-electron chi connectivity index (χ4n) is 4.94. The molecule has 6 rings (SSSR count). The summed E-state index contributed by atoms with van der Waals surface area (Å²) in [6, 6.07) is 11.6. The van der Waals surface area contributed by atoms with Crippen LogP contribution >= 0.6 is 15.9 Å². The van der Waals surface area contributed by atoms with Crippen LogP contribution in [0.3, 0.4) is 0 Å². The van der Waals surface area contributed by atoms with Gasteiger partial charge >= 0.3 is 11.8 Å². The molecule has 4 aromatic heterocycles. The van der Waals surface area contributed by atoms with Crippen LogP contribution in [0.15, 0.2) is 70.7 Å². The number of fused-ring (bicyclic) bond motifs is 2. The van der Waals surface area contributed by atoms with Crippen molar-refractivity contribution in [2.75, 3.05) is 23.7 Å². The maximum Gasteiger partial charge on any atom is 0.408 e. The summed E-state index contributed by atoms with van der Waals surface area (Å²) in [5.74, 6) is 0.517. The Bertz CT molecular complexity index is 2110. The third kappa shape index (κ3) is 10.5. The number of hydrogen-bond acceptors (Lipinski definition) is 11. The molecule has 15 nitrogen and oxygen atoms in total. The maximum absolute atomic E-state index is 13.3. The Morgan fingerprint density at radius 2 is 1.43 bits per heavy atom. The number of nitrogens with two attached hydrogens (primary N) is 1. The zero-order chi connectivity index (χ0) is 36.5. The Kier molecular flexibility index (Phi) is 11.9. The third-order valence-electron chi connectivity index (χ3n) is 7.31. The molecule has 8 N–H and O–H groups in total. The van der Waals surface area contributed by atoms with Crippen molar-refractivity contribution >= 4 is 56.0 Å². The monoisotopic (exact) mass is 766 g/mol. The molecule has 51 heavy (non-hydrogen) atoms. The molecule has 0 spiro atoms. The molecule has 0 aliphatic carbocycles. The van der Waals surface area contributed by atoms with Gasteiger partial charge in [-0.3, -0.25) is 4.98 Å². The van der Waals surface area contributed by atoms with E-state index in [4.69, 9.17) is 10.5 Å². The highest BCUT2D eigenvalue weighted by atomic mass is 79.9. The molecule has 2 unspecified atom stereocenters. The minimum atomic E-state index is -0.615. The topological polar surface area (TPSA) is 217 Å². The second-order valence-electron chi connectivity index (χ2n) is 12.3. The molecule has 268 valence electrons. The molecule has 0 saturated heterocycles. The van der Waals surface area contributed by atoms with Crippen LogP contribution in [-0.2, 0) is 4.74 Å². The van der Waals surface area contributed by atoms with Crippen LogP contribution in [0.2, 0.25) is 0 Å². The summed E-state index contributed by atoms with van der Waals surface area (Å²) >= 11 is 3.28. The lowest BCUT2D eigenvalue weighted by molar-refractivity contribution is 0.0502. The Balaban J connectivity index is 0.000000205. The van der Waals surface area contributed by atoms with Crippen molar-refractivity contribution in [1.82, 2.24) is 45.2 Å². The maximum atomic E-state index is 13.3. The van der Waals surface area contributed by atoms with E-state index in [-0.39, 0.29) is 29.4 Å². The highest BCUT2D eigenvalue weighted by Crippen LogP contribution is 2.22. The lowest BCUT2D eigenvalue weighted by atomic mass is 10.0. The number of H-pyrrole nitrogens is 3. The van der Waals surface area contributed by atoms with Gasteiger partial charge in [0.15, 0.2) is 27.7 Å². The summed E-state index contributed by atoms with van der Waals surface area (Å²) in [4.78, 5) is 52.4. The van der Waals surface area contributed by atoms with Crippen molar-refractivity contribution in [3.63, 3.8) is 0 Å². The molecule has 4 heterocycles. The Morgan fingerprint density at radius 1 is 0.843 bits per heavy atom. The molecule has 0 aliphatic heterocycles. The van der Waals surface area contributed by atoms with Crippen LogP contribution in [0.25, 0.3) is 22.3 Å². The predicted octanol–water partition coefficient (Wildman–Crippen LogP) is 5.61. The van der Waals surface area contributed by atoms with E-state index in [1.807, 2.05) is 0 Å². The van der Waals surface area contributed by atoms with Gasteiger partial charge in [0.05, 0.1) is 6.04 Å². The third-order valence-corrected chi connectivity index (χ3v) is 7.69. The highest BCUT2D eigenvalue weighted by molar-refractivity contribution is 9.10. The van der Waals surface area contributed by atoms with Crippen molar-refractivity contribution < 1.29 is 18.3 Å². The predicted molar refractivity (Wildman–Crippen MR) is 192 cm³/mol. The van der Waals surface area contributed by atoms with Crippen molar-refractivity contribution in [3.8, 4) is 0 Å². The van der Waals surface area contributed by atoms with Crippen molar-refractivity contribution in [2.24, 2.45) is 5.73 Å². The van der Waals surface area contributed by atoms with E-state index in [0.717, 1.165) is 11.1 Å². The number of rotatable bonds is 11. The first-order valence-corrected chi connectivity index (χ1v) is 16.7. The van der Waals surface area contributed by atoms with Gasteiger partial charge in [0.2, 0.25) is 0 Å². The standard InChI is InChI=1S/C19H22BrFN6O2.C14H15FN6O/c1-19(2,3)29-18(28)25-13(11-4-6-12(21)7-5-11)8-9-22-15-14-16(24-10-23-15)27-17(20)26-14;15-9-3-1-8(2-4-9)10(16)5-6-17-12-11-13(19-7-18-12)21-14(22)20-11/h4-7,10,13H,8-9H2,1-3H3,(H,25,28)(H2,22,23,24,26,27);1-4,7,10H,5-6,16H2,(H3,17,18,19,20,21,22). The smallest absolute Gasteiger partial charge is 0.408 e. The van der Waals surface area contributed by atoms with Crippen LogP contribution in [0.4, 0.5) is 25.2 Å². The summed E-state index contributed by atoms with van der Waals surface area (Å²) in [6.07, 6.45) is 3.41. The largest absolute Gasteiger partial charge is 0.444 e. The van der Waals surface area contributed by atoms with Crippen molar-refractivity contribution in [3.05, 3.63) is 99.2 Å². The van der Waals surface area contributed by atoms with Gasteiger partial charge in [0.25, 0.3) is 0 Å². The number of nitrogens with one attached hydrogen (secondary N) is 6. The van der Waals surface area contributed by atoms with Gasteiger partial charge in [-0.2, -0.15) is 0 Å². The molecule has 2 aromatic carbocycles. The van der Waals surface area contributed by atoms with Crippen molar-refractivity contribution in [2.45, 2.75) is 51.3 Å². The fraction of sp³-hybridized carbons (Fsp3) is 0.303. The molecule has 0 aliphatic rings.